The summed E-state index contributed by atoms with van der Waals surface area (Å²) in [6.45, 7) is 3.23. The van der Waals surface area contributed by atoms with Crippen LogP contribution in [0.4, 0.5) is 0 Å². The Morgan fingerprint density at radius 2 is 1.93 bits per heavy atom. The summed E-state index contributed by atoms with van der Waals surface area (Å²) in [5.74, 6) is 0.650. The average molecular weight is 374 g/mol. The van der Waals surface area contributed by atoms with Gasteiger partial charge in [-0.15, -0.1) is 0 Å². The fourth-order valence-electron chi connectivity index (χ4n) is 3.28. The molecule has 3 aromatic rings. The molecule has 0 atom stereocenters. The Morgan fingerprint density at radius 1 is 1.14 bits per heavy atom. The third-order valence-corrected chi connectivity index (χ3v) is 4.74. The highest BCUT2D eigenvalue weighted by molar-refractivity contribution is 5.81. The van der Waals surface area contributed by atoms with Gasteiger partial charge in [-0.1, -0.05) is 6.07 Å². The van der Waals surface area contributed by atoms with Gasteiger partial charge in [-0.05, 0) is 56.3 Å². The first kappa shape index (κ1) is 18.1. The number of nitrogens with zero attached hydrogens (tertiary/aromatic N) is 4. The summed E-state index contributed by atoms with van der Waals surface area (Å²) in [4.78, 5) is 15.6. The molecule has 3 N–H and O–H groups in total. The molecule has 0 aliphatic carbocycles. The fraction of sp³-hybridized carbons (Fsp3) is 0.238. The molecule has 0 unspecified atom stereocenters. The fourth-order valence-corrected chi connectivity index (χ4v) is 3.28. The molecule has 1 fully saturated rings. The summed E-state index contributed by atoms with van der Waals surface area (Å²) in [6.07, 6.45) is 8.31. The van der Waals surface area contributed by atoms with Crippen LogP contribution in [0.3, 0.4) is 0 Å². The Labute approximate surface area is 163 Å². The molecule has 1 aliphatic heterocycles. The predicted molar refractivity (Wildman–Crippen MR) is 109 cm³/mol. The minimum atomic E-state index is 0.240. The Balaban J connectivity index is 1.48. The summed E-state index contributed by atoms with van der Waals surface area (Å²) in [6, 6.07) is 10.2. The summed E-state index contributed by atoms with van der Waals surface area (Å²) in [5.41, 5.74) is 8.93. The van der Waals surface area contributed by atoms with Gasteiger partial charge in [0, 0.05) is 41.8 Å². The van der Waals surface area contributed by atoms with Crippen molar-refractivity contribution in [1.82, 2.24) is 19.9 Å². The van der Waals surface area contributed by atoms with E-state index in [1.54, 1.807) is 12.4 Å². The molecule has 0 saturated carbocycles. The number of nitrogens with one attached hydrogen (secondary N) is 1. The first-order chi connectivity index (χ1) is 13.7. The zero-order valence-electron chi connectivity index (χ0n) is 15.5. The minimum Gasteiger partial charge on any atom is -0.424 e. The van der Waals surface area contributed by atoms with Gasteiger partial charge < -0.3 is 15.9 Å². The van der Waals surface area contributed by atoms with Crippen molar-refractivity contribution in [2.45, 2.75) is 19.4 Å². The molecule has 3 heterocycles. The summed E-state index contributed by atoms with van der Waals surface area (Å²) in [7, 11) is 0. The van der Waals surface area contributed by atoms with E-state index in [2.05, 4.69) is 27.0 Å². The van der Waals surface area contributed by atoms with E-state index in [4.69, 9.17) is 20.9 Å². The second kappa shape index (κ2) is 8.14. The van der Waals surface area contributed by atoms with E-state index < -0.39 is 0 Å². The number of fused-ring (bicyclic) bond motifs is 1. The second-order valence-electron chi connectivity index (χ2n) is 6.79. The van der Waals surface area contributed by atoms with Crippen LogP contribution in [-0.4, -0.2) is 39.2 Å². The molecule has 1 saturated heterocycles. The first-order valence-electron chi connectivity index (χ1n) is 9.30. The maximum atomic E-state index is 7.05. The van der Waals surface area contributed by atoms with Crippen LogP contribution in [-0.2, 0) is 6.54 Å². The van der Waals surface area contributed by atoms with Crippen molar-refractivity contribution in [3.63, 3.8) is 0 Å². The molecule has 4 rings (SSSR count). The standard InChI is InChI=1S/C21H22N6O/c22-8-7-19(23)16-12-24-21(25-13-16)28-18-5-6-20-15(11-18)3-4-17(26-20)14-27-9-1-2-10-27/h3-8,11-13,22H,1-2,9-10,14,23H2/b19-7-,22-8?. The normalized spacial score (nSPS) is 15.1. The molecule has 28 heavy (non-hydrogen) atoms. The minimum absolute atomic E-state index is 0.240. The van der Waals surface area contributed by atoms with Crippen LogP contribution in [0.2, 0.25) is 0 Å². The van der Waals surface area contributed by atoms with Gasteiger partial charge in [0.1, 0.15) is 5.75 Å². The number of hydrogen-bond acceptors (Lipinski definition) is 7. The lowest BCUT2D eigenvalue weighted by molar-refractivity contribution is 0.327. The van der Waals surface area contributed by atoms with Crippen LogP contribution in [0.15, 0.2) is 48.8 Å². The van der Waals surface area contributed by atoms with Crippen molar-refractivity contribution >= 4 is 22.8 Å². The highest BCUT2D eigenvalue weighted by atomic mass is 16.5. The number of allylic oxidation sites excluding steroid dienone is 1. The van der Waals surface area contributed by atoms with Gasteiger partial charge in [0.25, 0.3) is 0 Å². The predicted octanol–water partition coefficient (Wildman–Crippen LogP) is 3.36. The highest BCUT2D eigenvalue weighted by Crippen LogP contribution is 2.24. The largest absolute Gasteiger partial charge is 0.424 e. The topological polar surface area (TPSA) is 101 Å². The van der Waals surface area contributed by atoms with Crippen LogP contribution < -0.4 is 10.5 Å². The Bertz CT molecular complexity index is 1010. The average Bonchev–Trinajstić information content (AvgIpc) is 3.22. The lowest BCUT2D eigenvalue weighted by Crippen LogP contribution is -2.19. The highest BCUT2D eigenvalue weighted by Gasteiger charge is 2.12. The maximum Gasteiger partial charge on any atom is 0.321 e. The number of ether oxygens (including phenoxy) is 1. The summed E-state index contributed by atoms with van der Waals surface area (Å²) in [5, 5.41) is 8.07. The number of nitrogens with two attached hydrogens (primary N) is 1. The summed E-state index contributed by atoms with van der Waals surface area (Å²) < 4.78 is 5.76. The third-order valence-electron chi connectivity index (χ3n) is 4.74. The van der Waals surface area contributed by atoms with Gasteiger partial charge in [-0.25, -0.2) is 9.97 Å². The van der Waals surface area contributed by atoms with E-state index in [0.29, 0.717) is 17.0 Å². The van der Waals surface area contributed by atoms with Gasteiger partial charge in [0.2, 0.25) is 0 Å². The first-order valence-corrected chi connectivity index (χ1v) is 9.30. The third kappa shape index (κ3) is 4.15. The molecule has 7 nitrogen and oxygen atoms in total. The van der Waals surface area contributed by atoms with Crippen molar-refractivity contribution in [3.05, 3.63) is 60.1 Å². The number of aromatic nitrogens is 3. The van der Waals surface area contributed by atoms with E-state index in [1.807, 2.05) is 18.2 Å². The molecular weight excluding hydrogens is 352 g/mol. The monoisotopic (exact) mass is 374 g/mol. The lowest BCUT2D eigenvalue weighted by Gasteiger charge is -2.14. The number of hydrogen-bond donors (Lipinski definition) is 2. The molecule has 2 aromatic heterocycles. The van der Waals surface area contributed by atoms with E-state index in [-0.39, 0.29) is 6.01 Å². The molecule has 1 aromatic carbocycles. The quantitative estimate of drug-likeness (QED) is 0.642. The van der Waals surface area contributed by atoms with Crippen LogP contribution >= 0.6 is 0 Å². The van der Waals surface area contributed by atoms with E-state index in [1.165, 1.54) is 18.9 Å². The van der Waals surface area contributed by atoms with Crippen LogP contribution in [0.1, 0.15) is 24.1 Å². The number of likely N-dealkylation sites (tertiary alicyclic amines) is 1. The molecule has 0 radical (unpaired) electrons. The SMILES string of the molecule is N=C/C=C(\N)c1cnc(Oc2ccc3nc(CN4CCCC4)ccc3c2)nc1. The smallest absolute Gasteiger partial charge is 0.321 e. The lowest BCUT2D eigenvalue weighted by atomic mass is 10.2. The van der Waals surface area contributed by atoms with Crippen molar-refractivity contribution in [2.24, 2.45) is 5.73 Å². The van der Waals surface area contributed by atoms with Crippen LogP contribution in [0.5, 0.6) is 11.8 Å². The maximum absolute atomic E-state index is 7.05. The zero-order chi connectivity index (χ0) is 19.3. The number of rotatable bonds is 6. The van der Waals surface area contributed by atoms with E-state index in [0.717, 1.165) is 42.4 Å². The molecule has 142 valence electrons. The summed E-state index contributed by atoms with van der Waals surface area (Å²) >= 11 is 0. The Kier molecular flexibility index (Phi) is 5.25. The van der Waals surface area contributed by atoms with E-state index >= 15 is 0 Å². The molecule has 0 amide bonds. The van der Waals surface area contributed by atoms with Crippen LogP contribution in [0.25, 0.3) is 16.6 Å². The number of pyridine rings is 1. The molecule has 7 heteroatoms. The Morgan fingerprint density at radius 3 is 2.68 bits per heavy atom. The van der Waals surface area contributed by atoms with Crippen molar-refractivity contribution in [2.75, 3.05) is 13.1 Å². The van der Waals surface area contributed by atoms with Gasteiger partial charge in [-0.2, -0.15) is 0 Å². The van der Waals surface area contributed by atoms with Gasteiger partial charge in [-0.3, -0.25) is 9.88 Å². The van der Waals surface area contributed by atoms with Gasteiger partial charge >= 0.3 is 6.01 Å². The van der Waals surface area contributed by atoms with Gasteiger partial charge in [0.15, 0.2) is 0 Å². The van der Waals surface area contributed by atoms with Crippen molar-refractivity contribution in [3.8, 4) is 11.8 Å². The van der Waals surface area contributed by atoms with Crippen molar-refractivity contribution in [1.29, 1.82) is 5.41 Å². The van der Waals surface area contributed by atoms with Gasteiger partial charge in [0.05, 0.1) is 11.2 Å². The molecule has 0 bridgehead atoms. The molecule has 1 aliphatic rings. The Hall–Kier alpha value is -3.32. The molecule has 0 spiro atoms. The van der Waals surface area contributed by atoms with E-state index in [9.17, 15) is 0 Å². The second-order valence-corrected chi connectivity index (χ2v) is 6.79. The van der Waals surface area contributed by atoms with Crippen molar-refractivity contribution < 1.29 is 4.74 Å². The zero-order valence-corrected chi connectivity index (χ0v) is 15.5. The molecular formula is C21H22N6O. The number of benzene rings is 1. The van der Waals surface area contributed by atoms with Crippen LogP contribution in [0, 0.1) is 5.41 Å².